The van der Waals surface area contributed by atoms with Crippen LogP contribution in [0, 0.1) is 13.8 Å². The van der Waals surface area contributed by atoms with E-state index in [9.17, 15) is 0 Å². The molecule has 0 radical (unpaired) electrons. The van der Waals surface area contributed by atoms with Gasteiger partial charge in [0.05, 0.1) is 0 Å². The van der Waals surface area contributed by atoms with Crippen molar-refractivity contribution < 1.29 is 0 Å². The van der Waals surface area contributed by atoms with Crippen molar-refractivity contribution in [3.8, 4) is 55.6 Å². The van der Waals surface area contributed by atoms with E-state index in [0.29, 0.717) is 0 Å². The van der Waals surface area contributed by atoms with Crippen molar-refractivity contribution >= 4 is 64.6 Å². The second-order valence-electron chi connectivity index (χ2n) is 16.9. The lowest BCUT2D eigenvalue weighted by Gasteiger charge is -2.20. The van der Waals surface area contributed by atoms with Crippen molar-refractivity contribution in [1.82, 2.24) is 0 Å². The number of fused-ring (bicyclic) bond motifs is 10. The Morgan fingerprint density at radius 3 is 0.726 bits per heavy atom. The normalized spacial score (nSPS) is 11.7. The Bertz CT molecular complexity index is 3460. The van der Waals surface area contributed by atoms with E-state index in [1.165, 1.54) is 131 Å². The van der Waals surface area contributed by atoms with Gasteiger partial charge in [0.2, 0.25) is 0 Å². The van der Waals surface area contributed by atoms with Gasteiger partial charge in [-0.2, -0.15) is 0 Å². The van der Waals surface area contributed by atoms with Crippen molar-refractivity contribution in [2.45, 2.75) is 13.8 Å². The topological polar surface area (TPSA) is 0 Å². The predicted molar refractivity (Wildman–Crippen MR) is 268 cm³/mol. The molecular weight excluding hydrogens is 745 g/mol. The van der Waals surface area contributed by atoms with Crippen molar-refractivity contribution in [3.63, 3.8) is 0 Å². The lowest BCUT2D eigenvalue weighted by Crippen LogP contribution is -1.94. The van der Waals surface area contributed by atoms with E-state index in [1.807, 2.05) is 0 Å². The van der Waals surface area contributed by atoms with Crippen LogP contribution in [-0.2, 0) is 0 Å². The van der Waals surface area contributed by atoms with Crippen molar-refractivity contribution in [1.29, 1.82) is 0 Å². The first kappa shape index (κ1) is 36.1. The van der Waals surface area contributed by atoms with E-state index >= 15 is 0 Å². The summed E-state index contributed by atoms with van der Waals surface area (Å²) in [5.74, 6) is 0. The molecule has 290 valence electrons. The Morgan fingerprint density at radius 1 is 0.177 bits per heavy atom. The highest BCUT2D eigenvalue weighted by atomic mass is 14.2. The minimum absolute atomic E-state index is 1.22. The van der Waals surface area contributed by atoms with Crippen LogP contribution in [0.15, 0.2) is 218 Å². The zero-order valence-electron chi connectivity index (χ0n) is 34.8. The summed E-state index contributed by atoms with van der Waals surface area (Å²) in [7, 11) is 0. The van der Waals surface area contributed by atoms with E-state index < -0.39 is 0 Å². The molecule has 12 aromatic rings. The van der Waals surface area contributed by atoms with Crippen molar-refractivity contribution in [3.05, 3.63) is 230 Å². The molecule has 0 unspecified atom stereocenters. The van der Waals surface area contributed by atoms with Crippen molar-refractivity contribution in [2.24, 2.45) is 0 Å². The monoisotopic (exact) mass is 786 g/mol. The minimum Gasteiger partial charge on any atom is -0.0622 e. The number of benzene rings is 12. The fourth-order valence-electron chi connectivity index (χ4n) is 10.3. The standard InChI is InChI=1S/C62H42/c1-39-31-55-59(53(43-23-11-5-12-24-43)37-57-47-29-17-15-27-45(47)51(35-61(55)57)41-19-7-3-8-20-41)33-49(39)50-34-60-54(44-25-13-6-14-26-44)38-58-48-30-18-16-28-46(48)52(42-21-9-4-10-22-42)36-62(58)56(60)32-40(50)2/h3-38H,1-2H3. The molecule has 0 aromatic heterocycles. The third-order valence-electron chi connectivity index (χ3n) is 13.3. The molecule has 0 bridgehead atoms. The lowest BCUT2D eigenvalue weighted by atomic mass is 9.83. The Hall–Kier alpha value is -7.80. The van der Waals surface area contributed by atoms with E-state index in [0.717, 1.165) is 0 Å². The van der Waals surface area contributed by atoms with E-state index in [1.54, 1.807) is 0 Å². The van der Waals surface area contributed by atoms with Crippen LogP contribution in [0.1, 0.15) is 11.1 Å². The molecule has 0 fully saturated rings. The molecule has 0 atom stereocenters. The Labute approximate surface area is 362 Å². The number of hydrogen-bond donors (Lipinski definition) is 0. The molecule has 12 aromatic carbocycles. The second-order valence-corrected chi connectivity index (χ2v) is 16.9. The van der Waals surface area contributed by atoms with E-state index in [2.05, 4.69) is 232 Å². The van der Waals surface area contributed by atoms with E-state index in [4.69, 9.17) is 0 Å². The largest absolute Gasteiger partial charge is 0.0622 e. The molecule has 12 rings (SSSR count). The van der Waals surface area contributed by atoms with Crippen LogP contribution < -0.4 is 0 Å². The first-order valence-electron chi connectivity index (χ1n) is 21.7. The molecule has 0 nitrogen and oxygen atoms in total. The molecular formula is C62H42. The van der Waals surface area contributed by atoms with Gasteiger partial charge in [0.25, 0.3) is 0 Å². The average Bonchev–Trinajstić information content (AvgIpc) is 3.33. The molecule has 0 saturated carbocycles. The van der Waals surface area contributed by atoms with Crippen LogP contribution in [0.3, 0.4) is 0 Å². The molecule has 0 heterocycles. The van der Waals surface area contributed by atoms with Crippen LogP contribution in [0.2, 0.25) is 0 Å². The summed E-state index contributed by atoms with van der Waals surface area (Å²) >= 11 is 0. The first-order chi connectivity index (χ1) is 30.6. The highest BCUT2D eigenvalue weighted by Crippen LogP contribution is 2.47. The van der Waals surface area contributed by atoms with Gasteiger partial charge in [0.15, 0.2) is 0 Å². The van der Waals surface area contributed by atoms with Gasteiger partial charge in [0.1, 0.15) is 0 Å². The molecule has 0 N–H and O–H groups in total. The molecule has 0 amide bonds. The molecule has 0 aliphatic carbocycles. The third kappa shape index (κ3) is 5.75. The maximum atomic E-state index is 2.49. The molecule has 0 saturated heterocycles. The maximum absolute atomic E-state index is 2.49. The van der Waals surface area contributed by atoms with Gasteiger partial charge in [-0.25, -0.2) is 0 Å². The molecule has 62 heavy (non-hydrogen) atoms. The summed E-state index contributed by atoms with van der Waals surface area (Å²) in [6, 6.07) is 81.1. The SMILES string of the molecule is Cc1cc2c(cc1-c1cc3c(-c4ccccc4)cc4c5ccccc5c(-c5ccccc5)cc4c3cc1C)c(-c1ccccc1)cc1c3ccccc3c(-c3ccccc3)cc21. The van der Waals surface area contributed by atoms with Crippen LogP contribution in [0.5, 0.6) is 0 Å². The van der Waals surface area contributed by atoms with Gasteiger partial charge in [-0.1, -0.05) is 182 Å². The average molecular weight is 787 g/mol. The summed E-state index contributed by atoms with van der Waals surface area (Å²) in [6.45, 7) is 4.60. The number of rotatable bonds is 5. The molecule has 0 aliphatic heterocycles. The highest BCUT2D eigenvalue weighted by molar-refractivity contribution is 6.26. The van der Waals surface area contributed by atoms with Gasteiger partial charge in [-0.15, -0.1) is 0 Å². The van der Waals surface area contributed by atoms with Crippen molar-refractivity contribution in [2.75, 3.05) is 0 Å². The van der Waals surface area contributed by atoms with Gasteiger partial charge in [-0.3, -0.25) is 0 Å². The van der Waals surface area contributed by atoms with Crippen LogP contribution in [0.4, 0.5) is 0 Å². The van der Waals surface area contributed by atoms with Gasteiger partial charge in [0, 0.05) is 0 Å². The number of hydrogen-bond acceptors (Lipinski definition) is 0. The summed E-state index contributed by atoms with van der Waals surface area (Å²) in [5.41, 5.74) is 15.0. The summed E-state index contributed by atoms with van der Waals surface area (Å²) < 4.78 is 0. The van der Waals surface area contributed by atoms with Crippen LogP contribution >= 0.6 is 0 Å². The summed E-state index contributed by atoms with van der Waals surface area (Å²) in [6.07, 6.45) is 0. The minimum atomic E-state index is 1.22. The van der Waals surface area contributed by atoms with Gasteiger partial charge in [-0.05, 0) is 182 Å². The summed E-state index contributed by atoms with van der Waals surface area (Å²) in [5, 5.41) is 15.3. The Balaban J connectivity index is 1.17. The zero-order chi connectivity index (χ0) is 41.3. The smallest absolute Gasteiger partial charge is 0.00922 e. The first-order valence-corrected chi connectivity index (χ1v) is 21.7. The van der Waals surface area contributed by atoms with Gasteiger partial charge >= 0.3 is 0 Å². The highest BCUT2D eigenvalue weighted by Gasteiger charge is 2.20. The molecule has 0 aliphatic rings. The summed E-state index contributed by atoms with van der Waals surface area (Å²) in [4.78, 5) is 0. The van der Waals surface area contributed by atoms with Crippen LogP contribution in [-0.4, -0.2) is 0 Å². The third-order valence-corrected chi connectivity index (χ3v) is 13.3. The number of aryl methyl sites for hydroxylation is 2. The predicted octanol–water partition coefficient (Wildman–Crippen LogP) is 17.6. The fourth-order valence-corrected chi connectivity index (χ4v) is 10.3. The zero-order valence-corrected chi connectivity index (χ0v) is 34.8. The quantitative estimate of drug-likeness (QED) is 0.152. The van der Waals surface area contributed by atoms with E-state index in [-0.39, 0.29) is 0 Å². The second kappa shape index (κ2) is 14.4. The maximum Gasteiger partial charge on any atom is -0.00922 e. The Morgan fingerprint density at radius 2 is 0.403 bits per heavy atom. The lowest BCUT2D eigenvalue weighted by molar-refractivity contribution is 1.44. The van der Waals surface area contributed by atoms with Crippen LogP contribution in [0.25, 0.3) is 120 Å². The molecule has 0 spiro atoms. The van der Waals surface area contributed by atoms with Gasteiger partial charge < -0.3 is 0 Å². The fraction of sp³-hybridized carbons (Fsp3) is 0.0323. The Kier molecular flexibility index (Phi) is 8.40. The molecule has 0 heteroatoms.